The Hall–Kier alpha value is -3.45. The van der Waals surface area contributed by atoms with Crippen molar-refractivity contribution in [2.45, 2.75) is 19.4 Å². The van der Waals surface area contributed by atoms with Crippen LogP contribution in [0.2, 0.25) is 5.02 Å². The minimum atomic E-state index is -0.355. The number of para-hydroxylation sites is 1. The summed E-state index contributed by atoms with van der Waals surface area (Å²) in [4.78, 5) is 25.0. The molecule has 0 saturated carbocycles. The highest BCUT2D eigenvalue weighted by Crippen LogP contribution is 2.20. The topological polar surface area (TPSA) is 79.6 Å². The number of hydrazone groups is 1. The van der Waals surface area contributed by atoms with E-state index in [1.54, 1.807) is 35.1 Å². The molecule has 0 radical (unpaired) electrons. The molecule has 1 aliphatic rings. The summed E-state index contributed by atoms with van der Waals surface area (Å²) in [7, 11) is 0. The molecular formula is C21H18ClN5O2. The summed E-state index contributed by atoms with van der Waals surface area (Å²) in [5.74, 6) is 0.0471. The van der Waals surface area contributed by atoms with Crippen LogP contribution >= 0.6 is 11.6 Å². The first-order valence-corrected chi connectivity index (χ1v) is 9.51. The Morgan fingerprint density at radius 3 is 2.69 bits per heavy atom. The van der Waals surface area contributed by atoms with Crippen LogP contribution in [0.3, 0.4) is 0 Å². The molecule has 0 unspecified atom stereocenters. The summed E-state index contributed by atoms with van der Waals surface area (Å²) in [5, 5.41) is 13.3. The van der Waals surface area contributed by atoms with Crippen LogP contribution in [0.4, 0.5) is 11.5 Å². The number of aromatic nitrogens is 2. The number of amides is 2. The number of carbonyl (C=O) groups is 2. The summed E-state index contributed by atoms with van der Waals surface area (Å²) in [6, 6.07) is 18.2. The van der Waals surface area contributed by atoms with Crippen molar-refractivity contribution in [2.75, 3.05) is 10.3 Å². The third-order valence-corrected chi connectivity index (χ3v) is 4.71. The van der Waals surface area contributed by atoms with Gasteiger partial charge in [0.25, 0.3) is 5.91 Å². The van der Waals surface area contributed by atoms with Crippen molar-refractivity contribution in [2.24, 2.45) is 5.10 Å². The third kappa shape index (κ3) is 4.35. The van der Waals surface area contributed by atoms with Gasteiger partial charge in [-0.25, -0.2) is 9.69 Å². The third-order valence-electron chi connectivity index (χ3n) is 4.47. The van der Waals surface area contributed by atoms with E-state index in [9.17, 15) is 9.59 Å². The first-order chi connectivity index (χ1) is 14.1. The Morgan fingerprint density at radius 1 is 1.07 bits per heavy atom. The van der Waals surface area contributed by atoms with Crippen LogP contribution in [0, 0.1) is 0 Å². The second kappa shape index (κ2) is 8.28. The molecule has 1 N–H and O–H groups in total. The van der Waals surface area contributed by atoms with Gasteiger partial charge in [0.15, 0.2) is 0 Å². The average Bonchev–Trinajstić information content (AvgIpc) is 3.15. The summed E-state index contributed by atoms with van der Waals surface area (Å²) in [6.07, 6.45) is 2.13. The van der Waals surface area contributed by atoms with E-state index in [1.165, 1.54) is 5.01 Å². The molecule has 8 heteroatoms. The molecule has 1 aromatic heterocycles. The number of hydrogen-bond donors (Lipinski definition) is 1. The van der Waals surface area contributed by atoms with E-state index in [0.29, 0.717) is 28.8 Å². The van der Waals surface area contributed by atoms with Crippen molar-refractivity contribution in [1.29, 1.82) is 0 Å². The van der Waals surface area contributed by atoms with Crippen molar-refractivity contribution in [1.82, 2.24) is 9.78 Å². The van der Waals surface area contributed by atoms with Gasteiger partial charge in [0.2, 0.25) is 5.91 Å². The Balaban J connectivity index is 1.51. The summed E-state index contributed by atoms with van der Waals surface area (Å²) in [6.45, 7) is 0.463. The van der Waals surface area contributed by atoms with Gasteiger partial charge in [-0.15, -0.1) is 0 Å². The number of halogens is 1. The van der Waals surface area contributed by atoms with Gasteiger partial charge in [0.1, 0.15) is 11.5 Å². The minimum Gasteiger partial charge on any atom is -0.306 e. The molecule has 2 heterocycles. The number of rotatable bonds is 5. The van der Waals surface area contributed by atoms with Gasteiger partial charge in [-0.3, -0.25) is 9.59 Å². The van der Waals surface area contributed by atoms with Crippen molar-refractivity contribution in [3.63, 3.8) is 0 Å². The van der Waals surface area contributed by atoms with E-state index < -0.39 is 0 Å². The first kappa shape index (κ1) is 18.9. The van der Waals surface area contributed by atoms with Gasteiger partial charge in [0, 0.05) is 23.9 Å². The number of anilines is 2. The molecule has 29 heavy (non-hydrogen) atoms. The largest absolute Gasteiger partial charge is 0.306 e. The lowest BCUT2D eigenvalue weighted by Gasteiger charge is -2.23. The fourth-order valence-corrected chi connectivity index (χ4v) is 3.26. The quantitative estimate of drug-likeness (QED) is 0.700. The fourth-order valence-electron chi connectivity index (χ4n) is 3.05. The molecule has 4 rings (SSSR count). The zero-order valence-electron chi connectivity index (χ0n) is 15.5. The van der Waals surface area contributed by atoms with Crippen LogP contribution in [-0.4, -0.2) is 27.3 Å². The van der Waals surface area contributed by atoms with Gasteiger partial charge in [0.05, 0.1) is 18.4 Å². The standard InChI is InChI=1S/C21H18ClN5O2/c22-16-6-4-5-15(13-16)14-26-19(11-12-23-26)24-21(29)18-9-10-20(28)27(25-18)17-7-2-1-3-8-17/h1-8,11-13H,9-10,14H2,(H,24,29). The average molecular weight is 408 g/mol. The molecule has 2 aromatic carbocycles. The monoisotopic (exact) mass is 407 g/mol. The Kier molecular flexibility index (Phi) is 5.39. The van der Waals surface area contributed by atoms with E-state index >= 15 is 0 Å². The van der Waals surface area contributed by atoms with Crippen LogP contribution in [0.15, 0.2) is 72.0 Å². The maximum absolute atomic E-state index is 12.8. The van der Waals surface area contributed by atoms with Crippen LogP contribution in [-0.2, 0) is 16.1 Å². The second-order valence-corrected chi connectivity index (χ2v) is 6.98. The molecular weight excluding hydrogens is 390 g/mol. The normalized spacial score (nSPS) is 13.9. The first-order valence-electron chi connectivity index (χ1n) is 9.13. The summed E-state index contributed by atoms with van der Waals surface area (Å²) >= 11 is 6.04. The molecule has 0 bridgehead atoms. The highest BCUT2D eigenvalue weighted by Gasteiger charge is 2.26. The number of nitrogens with zero attached hydrogens (tertiary/aromatic N) is 4. The van der Waals surface area contributed by atoms with Crippen LogP contribution in [0.1, 0.15) is 18.4 Å². The highest BCUT2D eigenvalue weighted by molar-refractivity contribution is 6.44. The van der Waals surface area contributed by atoms with Gasteiger partial charge < -0.3 is 5.32 Å². The SMILES string of the molecule is O=C(Nc1ccnn1Cc1cccc(Cl)c1)C1=NN(c2ccccc2)C(=O)CC1. The number of nitrogens with one attached hydrogen (secondary N) is 1. The number of hydrogen-bond acceptors (Lipinski definition) is 4. The fraction of sp³-hybridized carbons (Fsp3) is 0.143. The predicted molar refractivity (Wildman–Crippen MR) is 112 cm³/mol. The lowest BCUT2D eigenvalue weighted by molar-refractivity contribution is -0.118. The summed E-state index contributed by atoms with van der Waals surface area (Å²) in [5.41, 5.74) is 1.89. The van der Waals surface area contributed by atoms with Crippen LogP contribution < -0.4 is 10.3 Å². The Bertz CT molecular complexity index is 1080. The molecule has 7 nitrogen and oxygen atoms in total. The van der Waals surface area contributed by atoms with E-state index in [2.05, 4.69) is 15.5 Å². The van der Waals surface area contributed by atoms with Gasteiger partial charge in [-0.05, 0) is 29.8 Å². The van der Waals surface area contributed by atoms with E-state index in [0.717, 1.165) is 5.56 Å². The van der Waals surface area contributed by atoms with Crippen molar-refractivity contribution < 1.29 is 9.59 Å². The highest BCUT2D eigenvalue weighted by atomic mass is 35.5. The molecule has 0 saturated heterocycles. The van der Waals surface area contributed by atoms with Crippen molar-refractivity contribution in [3.05, 3.63) is 77.4 Å². The Labute approximate surface area is 172 Å². The molecule has 2 amide bonds. The molecule has 0 aliphatic carbocycles. The lowest BCUT2D eigenvalue weighted by atomic mass is 10.1. The molecule has 1 aliphatic heterocycles. The molecule has 3 aromatic rings. The zero-order chi connectivity index (χ0) is 20.2. The van der Waals surface area contributed by atoms with Gasteiger partial charge >= 0.3 is 0 Å². The molecule has 0 atom stereocenters. The van der Waals surface area contributed by atoms with Crippen LogP contribution in [0.25, 0.3) is 0 Å². The lowest BCUT2D eigenvalue weighted by Crippen LogP contribution is -2.36. The smallest absolute Gasteiger partial charge is 0.273 e. The van der Waals surface area contributed by atoms with Gasteiger partial charge in [-0.2, -0.15) is 10.2 Å². The van der Waals surface area contributed by atoms with Gasteiger partial charge in [-0.1, -0.05) is 41.9 Å². The number of benzene rings is 2. The van der Waals surface area contributed by atoms with E-state index in [-0.39, 0.29) is 24.7 Å². The van der Waals surface area contributed by atoms with Crippen molar-refractivity contribution >= 4 is 40.6 Å². The van der Waals surface area contributed by atoms with E-state index in [4.69, 9.17) is 11.6 Å². The number of carbonyl (C=O) groups excluding carboxylic acids is 2. The van der Waals surface area contributed by atoms with Crippen LogP contribution in [0.5, 0.6) is 0 Å². The van der Waals surface area contributed by atoms with Crippen molar-refractivity contribution in [3.8, 4) is 0 Å². The second-order valence-electron chi connectivity index (χ2n) is 6.55. The molecule has 0 fully saturated rings. The van der Waals surface area contributed by atoms with E-state index in [1.807, 2.05) is 36.4 Å². The minimum absolute atomic E-state index is 0.140. The predicted octanol–water partition coefficient (Wildman–Crippen LogP) is 3.71. The Morgan fingerprint density at radius 2 is 1.90 bits per heavy atom. The molecule has 146 valence electrons. The maximum atomic E-state index is 12.8. The summed E-state index contributed by atoms with van der Waals surface area (Å²) < 4.78 is 1.67. The maximum Gasteiger partial charge on any atom is 0.273 e. The molecule has 0 spiro atoms. The zero-order valence-corrected chi connectivity index (χ0v) is 16.2.